The molecule has 0 radical (unpaired) electrons. The molecule has 0 fully saturated rings. The van der Waals surface area contributed by atoms with Gasteiger partial charge in [-0.3, -0.25) is 9.78 Å². The molecule has 6 nitrogen and oxygen atoms in total. The summed E-state index contributed by atoms with van der Waals surface area (Å²) in [7, 11) is 0. The number of hydrogen-bond donors (Lipinski definition) is 1. The Hall–Kier alpha value is -3.93. The van der Waals surface area contributed by atoms with Gasteiger partial charge in [0.15, 0.2) is 6.61 Å². The second-order valence-corrected chi connectivity index (χ2v) is 7.24. The van der Waals surface area contributed by atoms with Gasteiger partial charge in [0.2, 0.25) is 0 Å². The zero-order chi connectivity index (χ0) is 21.6. The minimum atomic E-state index is -0.361. The normalized spacial score (nSPS) is 10.7. The van der Waals surface area contributed by atoms with Crippen LogP contribution in [0.2, 0.25) is 0 Å². The predicted molar refractivity (Wildman–Crippen MR) is 118 cm³/mol. The molecular weight excluding hydrogens is 392 g/mol. The zero-order valence-corrected chi connectivity index (χ0v) is 17.1. The van der Waals surface area contributed by atoms with Crippen molar-refractivity contribution in [3.8, 4) is 5.75 Å². The summed E-state index contributed by atoms with van der Waals surface area (Å²) in [6, 6.07) is 18.8. The van der Waals surface area contributed by atoms with Crippen LogP contribution >= 0.6 is 0 Å². The van der Waals surface area contributed by atoms with Crippen LogP contribution in [0, 0.1) is 6.92 Å². The fraction of sp³-hybridized carbons (Fsp3) is 0.160. The van der Waals surface area contributed by atoms with E-state index in [0.717, 1.165) is 22.1 Å². The lowest BCUT2D eigenvalue weighted by Crippen LogP contribution is -2.28. The first-order valence-corrected chi connectivity index (χ1v) is 9.99. The van der Waals surface area contributed by atoms with Crippen molar-refractivity contribution in [2.75, 3.05) is 6.61 Å². The van der Waals surface area contributed by atoms with Crippen molar-refractivity contribution >= 4 is 16.9 Å². The Balaban J connectivity index is 1.45. The van der Waals surface area contributed by atoms with Gasteiger partial charge in [-0.05, 0) is 41.8 Å². The lowest BCUT2D eigenvalue weighted by molar-refractivity contribution is -0.123. The summed E-state index contributed by atoms with van der Waals surface area (Å²) in [4.78, 5) is 28.6. The number of nitrogens with zero attached hydrogens (tertiary/aromatic N) is 1. The Bertz CT molecular complexity index is 1250. The number of hydrogen-bond acceptors (Lipinski definition) is 5. The third-order valence-electron chi connectivity index (χ3n) is 5.06. The number of nitrogens with one attached hydrogen (secondary N) is 1. The number of carbonyl (C=O) groups is 1. The molecular formula is C25H22N2O4. The molecule has 0 bridgehead atoms. The van der Waals surface area contributed by atoms with Crippen LogP contribution in [0.4, 0.5) is 0 Å². The fourth-order valence-corrected chi connectivity index (χ4v) is 3.37. The number of fused-ring (bicyclic) bond motifs is 1. The number of aryl methyl sites for hydroxylation is 1. The second-order valence-electron chi connectivity index (χ2n) is 7.24. The third-order valence-corrected chi connectivity index (χ3v) is 5.06. The van der Waals surface area contributed by atoms with Gasteiger partial charge in [0.05, 0.1) is 0 Å². The van der Waals surface area contributed by atoms with E-state index < -0.39 is 0 Å². The smallest absolute Gasteiger partial charge is 0.340 e. The topological polar surface area (TPSA) is 81.4 Å². The predicted octanol–water partition coefficient (Wildman–Crippen LogP) is 3.78. The average molecular weight is 414 g/mol. The van der Waals surface area contributed by atoms with E-state index in [4.69, 9.17) is 9.15 Å². The van der Waals surface area contributed by atoms with Crippen LogP contribution in [0.15, 0.2) is 82.3 Å². The summed E-state index contributed by atoms with van der Waals surface area (Å²) < 4.78 is 11.1. The van der Waals surface area contributed by atoms with Gasteiger partial charge in [-0.15, -0.1) is 0 Å². The highest BCUT2D eigenvalue weighted by atomic mass is 16.5. The van der Waals surface area contributed by atoms with Gasteiger partial charge in [-0.2, -0.15) is 0 Å². The first-order valence-electron chi connectivity index (χ1n) is 9.99. The summed E-state index contributed by atoms with van der Waals surface area (Å²) in [6.07, 6.45) is 3.89. The molecule has 0 saturated heterocycles. The van der Waals surface area contributed by atoms with E-state index in [0.29, 0.717) is 29.9 Å². The van der Waals surface area contributed by atoms with Gasteiger partial charge in [-0.25, -0.2) is 4.79 Å². The van der Waals surface area contributed by atoms with E-state index in [-0.39, 0.29) is 18.1 Å². The molecule has 0 aliphatic rings. The molecule has 0 saturated carbocycles. The number of rotatable bonds is 7. The van der Waals surface area contributed by atoms with Crippen molar-refractivity contribution in [3.63, 3.8) is 0 Å². The Morgan fingerprint density at radius 3 is 2.65 bits per heavy atom. The highest BCUT2D eigenvalue weighted by Gasteiger charge is 2.13. The third kappa shape index (κ3) is 4.98. The molecule has 6 heteroatoms. The van der Waals surface area contributed by atoms with Crippen LogP contribution in [0.5, 0.6) is 5.75 Å². The van der Waals surface area contributed by atoms with Gasteiger partial charge in [0, 0.05) is 42.4 Å². The summed E-state index contributed by atoms with van der Waals surface area (Å²) in [5, 5.41) is 3.62. The van der Waals surface area contributed by atoms with Gasteiger partial charge in [0.1, 0.15) is 11.3 Å². The van der Waals surface area contributed by atoms with Crippen LogP contribution in [0.25, 0.3) is 11.0 Å². The number of aromatic nitrogens is 1. The fourth-order valence-electron chi connectivity index (χ4n) is 3.37. The Kier molecular flexibility index (Phi) is 6.08. The van der Waals surface area contributed by atoms with Crippen molar-refractivity contribution in [1.82, 2.24) is 10.3 Å². The average Bonchev–Trinajstić information content (AvgIpc) is 2.80. The quantitative estimate of drug-likeness (QED) is 0.466. The maximum Gasteiger partial charge on any atom is 0.340 e. The minimum absolute atomic E-state index is 0.138. The Morgan fingerprint density at radius 2 is 1.87 bits per heavy atom. The molecule has 2 aromatic carbocycles. The molecule has 0 aliphatic heterocycles. The van der Waals surface area contributed by atoms with Crippen LogP contribution < -0.4 is 15.7 Å². The largest absolute Gasteiger partial charge is 0.484 e. The van der Waals surface area contributed by atoms with E-state index in [2.05, 4.69) is 10.3 Å². The standard InChI is InChI=1S/C25H22N2O4/c1-17-21-10-9-20(30-16-24(28)27-15-19-8-5-11-26-14-19)13-23(21)31-25(29)22(17)12-18-6-3-2-4-7-18/h2-11,13-14H,12,15-16H2,1H3,(H,27,28). The number of amides is 1. The summed E-state index contributed by atoms with van der Waals surface area (Å²) in [6.45, 7) is 2.16. The molecule has 4 aromatic rings. The molecule has 1 amide bonds. The minimum Gasteiger partial charge on any atom is -0.484 e. The van der Waals surface area contributed by atoms with Crippen LogP contribution in [-0.4, -0.2) is 17.5 Å². The van der Waals surface area contributed by atoms with Crippen molar-refractivity contribution in [2.45, 2.75) is 19.9 Å². The maximum absolute atomic E-state index is 12.6. The zero-order valence-electron chi connectivity index (χ0n) is 17.1. The van der Waals surface area contributed by atoms with Gasteiger partial charge < -0.3 is 14.5 Å². The van der Waals surface area contributed by atoms with Gasteiger partial charge in [-0.1, -0.05) is 36.4 Å². The van der Waals surface area contributed by atoms with E-state index in [1.165, 1.54) is 0 Å². The number of carbonyl (C=O) groups excluding carboxylic acids is 1. The van der Waals surface area contributed by atoms with Gasteiger partial charge >= 0.3 is 5.63 Å². The molecule has 2 aromatic heterocycles. The van der Waals surface area contributed by atoms with E-state index in [1.54, 1.807) is 24.5 Å². The number of ether oxygens (including phenoxy) is 1. The number of pyridine rings is 1. The van der Waals surface area contributed by atoms with Crippen molar-refractivity contribution in [1.29, 1.82) is 0 Å². The Labute approximate surface area is 179 Å². The van der Waals surface area contributed by atoms with Gasteiger partial charge in [0.25, 0.3) is 5.91 Å². The maximum atomic E-state index is 12.6. The molecule has 0 unspecified atom stereocenters. The Morgan fingerprint density at radius 1 is 1.06 bits per heavy atom. The molecule has 4 rings (SSSR count). The van der Waals surface area contributed by atoms with E-state index in [9.17, 15) is 9.59 Å². The first-order chi connectivity index (χ1) is 15.1. The van der Waals surface area contributed by atoms with Crippen molar-refractivity contribution < 1.29 is 13.9 Å². The highest BCUT2D eigenvalue weighted by molar-refractivity contribution is 5.83. The van der Waals surface area contributed by atoms with E-state index in [1.807, 2.05) is 55.5 Å². The number of benzene rings is 2. The van der Waals surface area contributed by atoms with Crippen molar-refractivity contribution in [2.24, 2.45) is 0 Å². The summed E-state index contributed by atoms with van der Waals surface area (Å²) >= 11 is 0. The summed E-state index contributed by atoms with van der Waals surface area (Å²) in [5.74, 6) is 0.210. The first kappa shape index (κ1) is 20.3. The second kappa shape index (κ2) is 9.26. The summed E-state index contributed by atoms with van der Waals surface area (Å²) in [5.41, 5.74) is 3.56. The molecule has 156 valence electrons. The highest BCUT2D eigenvalue weighted by Crippen LogP contribution is 2.25. The van der Waals surface area contributed by atoms with Crippen LogP contribution in [0.3, 0.4) is 0 Å². The lowest BCUT2D eigenvalue weighted by Gasteiger charge is -2.10. The monoisotopic (exact) mass is 414 g/mol. The van der Waals surface area contributed by atoms with E-state index >= 15 is 0 Å². The van der Waals surface area contributed by atoms with Crippen LogP contribution in [-0.2, 0) is 17.8 Å². The molecule has 2 heterocycles. The SMILES string of the molecule is Cc1c(Cc2ccccc2)c(=O)oc2cc(OCC(=O)NCc3cccnc3)ccc12. The molecule has 31 heavy (non-hydrogen) atoms. The van der Waals surface area contributed by atoms with Crippen molar-refractivity contribution in [3.05, 3.63) is 106 Å². The molecule has 0 spiro atoms. The van der Waals surface area contributed by atoms with Crippen LogP contribution in [0.1, 0.15) is 22.3 Å². The lowest BCUT2D eigenvalue weighted by atomic mass is 10.00. The molecule has 0 aliphatic carbocycles. The molecule has 0 atom stereocenters. The molecule has 1 N–H and O–H groups in total.